The van der Waals surface area contributed by atoms with Crippen LogP contribution in [0.5, 0.6) is 0 Å². The number of nitrogens with zero attached hydrogens (tertiary/aromatic N) is 6. The van der Waals surface area contributed by atoms with E-state index in [2.05, 4.69) is 26.3 Å². The van der Waals surface area contributed by atoms with E-state index in [1.807, 2.05) is 24.3 Å². The van der Waals surface area contributed by atoms with Gasteiger partial charge in [0.25, 0.3) is 0 Å². The standard InChI is InChI=1S/C24H25N7O/c25-13-16-5-11-30(12-6-16)24-19-15-29(10-8-22(27)32)9-7-17(19)18(14-26)23-28-20-3-1-2-4-21(20)31(23)24/h1-4,16H,5-12,15H2,(H2,27,32). The summed E-state index contributed by atoms with van der Waals surface area (Å²) in [4.78, 5) is 20.8. The number of carbonyl (C=O) groups is 1. The maximum absolute atomic E-state index is 11.4. The maximum atomic E-state index is 11.4. The normalized spacial score (nSPS) is 17.2. The van der Waals surface area contributed by atoms with Crippen LogP contribution in [-0.2, 0) is 17.8 Å². The van der Waals surface area contributed by atoms with Gasteiger partial charge in [0.05, 0.1) is 22.7 Å². The van der Waals surface area contributed by atoms with E-state index in [0.29, 0.717) is 30.7 Å². The number of hydrogen-bond donors (Lipinski definition) is 1. The zero-order chi connectivity index (χ0) is 22.2. The third-order valence-electron chi connectivity index (χ3n) is 6.76. The third kappa shape index (κ3) is 3.34. The van der Waals surface area contributed by atoms with Gasteiger partial charge in [-0.3, -0.25) is 14.1 Å². The molecule has 3 aromatic rings. The number of nitriles is 2. The maximum Gasteiger partial charge on any atom is 0.218 e. The van der Waals surface area contributed by atoms with E-state index in [0.717, 1.165) is 66.9 Å². The van der Waals surface area contributed by atoms with Crippen LogP contribution in [0.3, 0.4) is 0 Å². The zero-order valence-corrected chi connectivity index (χ0v) is 17.9. The van der Waals surface area contributed by atoms with E-state index >= 15 is 0 Å². The van der Waals surface area contributed by atoms with Crippen molar-refractivity contribution < 1.29 is 4.79 Å². The van der Waals surface area contributed by atoms with Crippen LogP contribution in [0.1, 0.15) is 36.0 Å². The lowest BCUT2D eigenvalue weighted by Crippen LogP contribution is -2.39. The lowest BCUT2D eigenvalue weighted by Gasteiger charge is -2.37. The van der Waals surface area contributed by atoms with Crippen LogP contribution in [-0.4, -0.2) is 46.4 Å². The predicted octanol–water partition coefficient (Wildman–Crippen LogP) is 2.33. The Balaban J connectivity index is 1.71. The van der Waals surface area contributed by atoms with E-state index in [1.54, 1.807) is 0 Å². The first-order valence-corrected chi connectivity index (χ1v) is 11.1. The fraction of sp³-hybridized carbons (Fsp3) is 0.417. The zero-order valence-electron chi connectivity index (χ0n) is 17.9. The molecule has 0 bridgehead atoms. The van der Waals surface area contributed by atoms with Crippen LogP contribution in [0.2, 0.25) is 0 Å². The van der Waals surface area contributed by atoms with Gasteiger partial charge in [-0.25, -0.2) is 4.98 Å². The van der Waals surface area contributed by atoms with Crippen molar-refractivity contribution in [2.75, 3.05) is 31.1 Å². The smallest absolute Gasteiger partial charge is 0.218 e. The number of amides is 1. The van der Waals surface area contributed by atoms with Crippen molar-refractivity contribution in [1.29, 1.82) is 10.5 Å². The lowest BCUT2D eigenvalue weighted by atomic mass is 9.93. The average molecular weight is 428 g/mol. The molecular formula is C24H25N7O. The van der Waals surface area contributed by atoms with Gasteiger partial charge >= 0.3 is 0 Å². The fourth-order valence-electron chi connectivity index (χ4n) is 5.11. The second kappa shape index (κ2) is 8.14. The van der Waals surface area contributed by atoms with E-state index < -0.39 is 0 Å². The molecular weight excluding hydrogens is 402 g/mol. The number of pyridine rings is 1. The molecule has 0 spiro atoms. The van der Waals surface area contributed by atoms with Gasteiger partial charge in [-0.1, -0.05) is 12.1 Å². The number of rotatable bonds is 4. The molecule has 1 aromatic carbocycles. The van der Waals surface area contributed by atoms with Crippen LogP contribution < -0.4 is 10.6 Å². The fourth-order valence-corrected chi connectivity index (χ4v) is 5.11. The molecule has 8 heteroatoms. The molecule has 0 saturated carbocycles. The Morgan fingerprint density at radius 2 is 1.94 bits per heavy atom. The summed E-state index contributed by atoms with van der Waals surface area (Å²) >= 11 is 0. The van der Waals surface area contributed by atoms with Crippen LogP contribution >= 0.6 is 0 Å². The van der Waals surface area contributed by atoms with Gasteiger partial charge in [0.2, 0.25) is 5.91 Å². The number of benzene rings is 1. The first-order valence-electron chi connectivity index (χ1n) is 11.1. The average Bonchev–Trinajstić information content (AvgIpc) is 3.20. The summed E-state index contributed by atoms with van der Waals surface area (Å²) in [5.74, 6) is 0.855. The summed E-state index contributed by atoms with van der Waals surface area (Å²) in [6, 6.07) is 12.8. The number of nitrogens with two attached hydrogens (primary N) is 1. The lowest BCUT2D eigenvalue weighted by molar-refractivity contribution is -0.118. The first-order chi connectivity index (χ1) is 15.6. The Labute approximate surface area is 186 Å². The SMILES string of the molecule is N#Cc1c2c(c(N3CCC(C#N)CC3)n3c1nc1ccccc13)CN(CCC(N)=O)CC2. The van der Waals surface area contributed by atoms with E-state index in [4.69, 9.17) is 10.7 Å². The quantitative estimate of drug-likeness (QED) is 0.683. The second-order valence-electron chi connectivity index (χ2n) is 8.66. The highest BCUT2D eigenvalue weighted by Gasteiger charge is 2.31. The number of anilines is 1. The van der Waals surface area contributed by atoms with Crippen molar-refractivity contribution in [3.05, 3.63) is 41.0 Å². The summed E-state index contributed by atoms with van der Waals surface area (Å²) in [6.45, 7) is 3.63. The number of carbonyl (C=O) groups excluding carboxylic acids is 1. The molecule has 32 heavy (non-hydrogen) atoms. The number of primary amides is 1. The van der Waals surface area contributed by atoms with E-state index in [1.165, 1.54) is 0 Å². The molecule has 0 atom stereocenters. The Morgan fingerprint density at radius 3 is 2.66 bits per heavy atom. The molecule has 4 heterocycles. The monoisotopic (exact) mass is 427 g/mol. The van der Waals surface area contributed by atoms with Gasteiger partial charge < -0.3 is 10.6 Å². The van der Waals surface area contributed by atoms with Gasteiger partial charge in [-0.15, -0.1) is 0 Å². The van der Waals surface area contributed by atoms with Crippen molar-refractivity contribution in [1.82, 2.24) is 14.3 Å². The summed E-state index contributed by atoms with van der Waals surface area (Å²) in [6.07, 6.45) is 2.70. The van der Waals surface area contributed by atoms with Gasteiger partial charge in [0, 0.05) is 50.6 Å². The summed E-state index contributed by atoms with van der Waals surface area (Å²) in [7, 11) is 0. The molecule has 2 N–H and O–H groups in total. The number of fused-ring (bicyclic) bond motifs is 4. The molecule has 1 saturated heterocycles. The first kappa shape index (κ1) is 20.3. The molecule has 5 rings (SSSR count). The minimum Gasteiger partial charge on any atom is -0.370 e. The molecule has 0 radical (unpaired) electrons. The molecule has 1 fully saturated rings. The van der Waals surface area contributed by atoms with E-state index in [9.17, 15) is 15.3 Å². The Morgan fingerprint density at radius 1 is 1.16 bits per heavy atom. The third-order valence-corrected chi connectivity index (χ3v) is 6.76. The molecule has 2 aliphatic rings. The minimum atomic E-state index is -0.302. The topological polar surface area (TPSA) is 114 Å². The van der Waals surface area contributed by atoms with Crippen LogP contribution in [0.15, 0.2) is 24.3 Å². The van der Waals surface area contributed by atoms with Crippen molar-refractivity contribution in [2.24, 2.45) is 11.7 Å². The van der Waals surface area contributed by atoms with Gasteiger partial charge in [0.1, 0.15) is 11.9 Å². The highest BCUT2D eigenvalue weighted by molar-refractivity contribution is 5.86. The van der Waals surface area contributed by atoms with Crippen LogP contribution in [0, 0.1) is 28.6 Å². The molecule has 1 amide bonds. The highest BCUT2D eigenvalue weighted by Crippen LogP contribution is 2.38. The van der Waals surface area contributed by atoms with Crippen molar-refractivity contribution in [2.45, 2.75) is 32.2 Å². The van der Waals surface area contributed by atoms with Crippen LogP contribution in [0.4, 0.5) is 5.82 Å². The largest absolute Gasteiger partial charge is 0.370 e. The Hall–Kier alpha value is -3.62. The predicted molar refractivity (Wildman–Crippen MR) is 121 cm³/mol. The molecule has 0 aliphatic carbocycles. The number of para-hydroxylation sites is 2. The van der Waals surface area contributed by atoms with Gasteiger partial charge in [-0.2, -0.15) is 10.5 Å². The van der Waals surface area contributed by atoms with Gasteiger partial charge in [0.15, 0.2) is 5.65 Å². The number of aromatic nitrogens is 2. The molecule has 2 aliphatic heterocycles. The molecule has 2 aromatic heterocycles. The van der Waals surface area contributed by atoms with Crippen molar-refractivity contribution in [3.63, 3.8) is 0 Å². The van der Waals surface area contributed by atoms with Crippen molar-refractivity contribution >= 4 is 28.4 Å². The number of imidazole rings is 1. The second-order valence-corrected chi connectivity index (χ2v) is 8.66. The van der Waals surface area contributed by atoms with Crippen LogP contribution in [0.25, 0.3) is 16.7 Å². The minimum absolute atomic E-state index is 0.0857. The molecule has 0 unspecified atom stereocenters. The van der Waals surface area contributed by atoms with E-state index in [-0.39, 0.29) is 11.8 Å². The van der Waals surface area contributed by atoms with Gasteiger partial charge in [-0.05, 0) is 37.0 Å². The molecule has 8 nitrogen and oxygen atoms in total. The number of piperidine rings is 1. The highest BCUT2D eigenvalue weighted by atomic mass is 16.1. The summed E-state index contributed by atoms with van der Waals surface area (Å²) in [5, 5.41) is 19.5. The van der Waals surface area contributed by atoms with Crippen molar-refractivity contribution in [3.8, 4) is 12.1 Å². The number of hydrogen-bond acceptors (Lipinski definition) is 6. The summed E-state index contributed by atoms with van der Waals surface area (Å²) in [5.41, 5.74) is 10.8. The Bertz CT molecular complexity index is 1290. The molecule has 162 valence electrons. The Kier molecular flexibility index (Phi) is 5.16. The summed E-state index contributed by atoms with van der Waals surface area (Å²) < 4.78 is 2.14.